The molecule has 0 aliphatic carbocycles. The van der Waals surface area contributed by atoms with Crippen LogP contribution >= 0.6 is 12.4 Å². The zero-order valence-corrected chi connectivity index (χ0v) is 13.0. The Balaban J connectivity index is 0.00000264. The van der Waals surface area contributed by atoms with Crippen LogP contribution in [0.15, 0.2) is 24.3 Å². The Labute approximate surface area is 137 Å². The second-order valence-electron chi connectivity index (χ2n) is 4.88. The first-order chi connectivity index (χ1) is 10.4. The molecule has 0 saturated carbocycles. The Bertz CT molecular complexity index is 491. The fourth-order valence-electron chi connectivity index (χ4n) is 1.97. The van der Waals surface area contributed by atoms with Gasteiger partial charge in [-0.05, 0) is 24.3 Å². The number of morpholine rings is 1. The molecule has 1 fully saturated rings. The quantitative estimate of drug-likeness (QED) is 0.852. The number of amides is 1. The number of hydrogen-bond donors (Lipinski definition) is 2. The molecule has 130 valence electrons. The average Bonchev–Trinajstić information content (AvgIpc) is 2.47. The van der Waals surface area contributed by atoms with E-state index in [4.69, 9.17) is 4.74 Å². The van der Waals surface area contributed by atoms with Crippen molar-refractivity contribution in [3.8, 4) is 5.75 Å². The number of halogens is 4. The van der Waals surface area contributed by atoms with E-state index in [1.54, 1.807) is 0 Å². The number of ether oxygens (including phenoxy) is 2. The first-order valence-electron chi connectivity index (χ1n) is 6.84. The zero-order valence-electron chi connectivity index (χ0n) is 12.2. The van der Waals surface area contributed by atoms with Gasteiger partial charge < -0.3 is 20.1 Å². The maximum Gasteiger partial charge on any atom is 0.422 e. The van der Waals surface area contributed by atoms with E-state index in [9.17, 15) is 18.0 Å². The molecule has 1 amide bonds. The molecule has 1 aromatic rings. The third kappa shape index (κ3) is 7.54. The van der Waals surface area contributed by atoms with Crippen molar-refractivity contribution in [2.24, 2.45) is 0 Å². The van der Waals surface area contributed by atoms with E-state index in [0.29, 0.717) is 18.8 Å². The minimum absolute atomic E-state index is 0. The fourth-order valence-corrected chi connectivity index (χ4v) is 1.97. The van der Waals surface area contributed by atoms with Crippen molar-refractivity contribution in [1.82, 2.24) is 5.32 Å². The van der Waals surface area contributed by atoms with E-state index in [1.165, 1.54) is 24.3 Å². The predicted molar refractivity (Wildman–Crippen MR) is 81.1 cm³/mol. The molecule has 1 atom stereocenters. The molecule has 1 aromatic carbocycles. The molecule has 2 N–H and O–H groups in total. The van der Waals surface area contributed by atoms with Gasteiger partial charge in [-0.25, -0.2) is 0 Å². The van der Waals surface area contributed by atoms with E-state index < -0.39 is 12.8 Å². The molecule has 0 radical (unpaired) electrons. The smallest absolute Gasteiger partial charge is 0.422 e. The molecule has 23 heavy (non-hydrogen) atoms. The molecule has 2 rings (SSSR count). The lowest BCUT2D eigenvalue weighted by atomic mass is 10.2. The summed E-state index contributed by atoms with van der Waals surface area (Å²) in [7, 11) is 0. The van der Waals surface area contributed by atoms with Gasteiger partial charge in [0.25, 0.3) is 0 Å². The molecule has 1 unspecified atom stereocenters. The van der Waals surface area contributed by atoms with Gasteiger partial charge in [-0.1, -0.05) is 0 Å². The lowest BCUT2D eigenvalue weighted by Gasteiger charge is -2.23. The van der Waals surface area contributed by atoms with Gasteiger partial charge in [-0.15, -0.1) is 12.4 Å². The number of carbonyl (C=O) groups excluding carboxylic acids is 1. The van der Waals surface area contributed by atoms with Crippen molar-refractivity contribution in [3.63, 3.8) is 0 Å². The highest BCUT2D eigenvalue weighted by atomic mass is 35.5. The molecule has 0 spiro atoms. The highest BCUT2D eigenvalue weighted by Gasteiger charge is 2.28. The van der Waals surface area contributed by atoms with Gasteiger partial charge in [-0.2, -0.15) is 13.2 Å². The van der Waals surface area contributed by atoms with Gasteiger partial charge in [0.1, 0.15) is 5.75 Å². The number of anilines is 1. The van der Waals surface area contributed by atoms with Crippen LogP contribution in [0.4, 0.5) is 18.9 Å². The van der Waals surface area contributed by atoms with Crippen molar-refractivity contribution in [3.05, 3.63) is 24.3 Å². The summed E-state index contributed by atoms with van der Waals surface area (Å²) >= 11 is 0. The summed E-state index contributed by atoms with van der Waals surface area (Å²) in [6.45, 7) is 0.628. The number of hydrogen-bond acceptors (Lipinski definition) is 4. The van der Waals surface area contributed by atoms with Gasteiger partial charge in [0, 0.05) is 18.8 Å². The van der Waals surface area contributed by atoms with Crippen molar-refractivity contribution in [2.75, 3.05) is 31.6 Å². The average molecular weight is 355 g/mol. The summed E-state index contributed by atoms with van der Waals surface area (Å²) in [6, 6.07) is 5.73. The minimum Gasteiger partial charge on any atom is -0.484 e. The van der Waals surface area contributed by atoms with E-state index in [-0.39, 0.29) is 36.6 Å². The van der Waals surface area contributed by atoms with Crippen LogP contribution in [0.3, 0.4) is 0 Å². The number of benzene rings is 1. The standard InChI is InChI=1S/C14H17F3N2O3.ClH/c15-14(16,17)9-22-11-3-1-10(2-4-11)19-13(20)7-12-8-18-5-6-21-12;/h1-4,12,18H,5-9H2,(H,19,20);1H. The summed E-state index contributed by atoms with van der Waals surface area (Å²) in [6.07, 6.45) is -4.32. The number of rotatable bonds is 5. The Morgan fingerprint density at radius 2 is 2.04 bits per heavy atom. The molecule has 0 aromatic heterocycles. The topological polar surface area (TPSA) is 59.6 Å². The van der Waals surface area contributed by atoms with E-state index in [2.05, 4.69) is 15.4 Å². The van der Waals surface area contributed by atoms with E-state index in [0.717, 1.165) is 6.54 Å². The lowest BCUT2D eigenvalue weighted by molar-refractivity contribution is -0.153. The zero-order chi connectivity index (χ0) is 16.0. The number of alkyl halides is 3. The number of nitrogens with one attached hydrogen (secondary N) is 2. The van der Waals surface area contributed by atoms with Gasteiger partial charge in [-0.3, -0.25) is 4.79 Å². The monoisotopic (exact) mass is 354 g/mol. The predicted octanol–water partition coefficient (Wildman–Crippen LogP) is 2.37. The summed E-state index contributed by atoms with van der Waals surface area (Å²) in [4.78, 5) is 11.8. The van der Waals surface area contributed by atoms with Crippen LogP contribution in [-0.4, -0.2) is 44.5 Å². The maximum absolute atomic E-state index is 12.0. The minimum atomic E-state index is -4.37. The molecule has 1 saturated heterocycles. The fraction of sp³-hybridized carbons (Fsp3) is 0.500. The Hall–Kier alpha value is -1.51. The molecule has 1 heterocycles. The number of carbonyl (C=O) groups is 1. The molecule has 9 heteroatoms. The van der Waals surface area contributed by atoms with Crippen LogP contribution in [0.2, 0.25) is 0 Å². The molecular formula is C14H18ClF3N2O3. The van der Waals surface area contributed by atoms with Gasteiger partial charge in [0.15, 0.2) is 6.61 Å². The summed E-state index contributed by atoms with van der Waals surface area (Å²) in [5.74, 6) is -0.118. The van der Waals surface area contributed by atoms with E-state index >= 15 is 0 Å². The van der Waals surface area contributed by atoms with Crippen LogP contribution in [0.5, 0.6) is 5.75 Å². The normalized spacial score (nSPS) is 18.0. The first-order valence-corrected chi connectivity index (χ1v) is 6.84. The van der Waals surface area contributed by atoms with Crippen LogP contribution in [0, 0.1) is 0 Å². The van der Waals surface area contributed by atoms with Crippen molar-refractivity contribution in [2.45, 2.75) is 18.7 Å². The van der Waals surface area contributed by atoms with Crippen molar-refractivity contribution >= 4 is 24.0 Å². The molecular weight excluding hydrogens is 337 g/mol. The maximum atomic E-state index is 12.0. The Morgan fingerprint density at radius 1 is 1.35 bits per heavy atom. The van der Waals surface area contributed by atoms with Crippen LogP contribution in [0.1, 0.15) is 6.42 Å². The van der Waals surface area contributed by atoms with E-state index in [1.807, 2.05) is 0 Å². The van der Waals surface area contributed by atoms with Gasteiger partial charge in [0.2, 0.25) is 5.91 Å². The van der Waals surface area contributed by atoms with Crippen LogP contribution < -0.4 is 15.4 Å². The van der Waals surface area contributed by atoms with Crippen molar-refractivity contribution in [1.29, 1.82) is 0 Å². The molecule has 1 aliphatic heterocycles. The van der Waals surface area contributed by atoms with Crippen LogP contribution in [-0.2, 0) is 9.53 Å². The lowest BCUT2D eigenvalue weighted by Crippen LogP contribution is -2.40. The molecule has 0 bridgehead atoms. The first kappa shape index (κ1) is 19.5. The van der Waals surface area contributed by atoms with Gasteiger partial charge >= 0.3 is 6.18 Å². The van der Waals surface area contributed by atoms with Crippen LogP contribution in [0.25, 0.3) is 0 Å². The van der Waals surface area contributed by atoms with Gasteiger partial charge in [0.05, 0.1) is 19.1 Å². The SMILES string of the molecule is Cl.O=C(CC1CNCCO1)Nc1ccc(OCC(F)(F)F)cc1. The Morgan fingerprint density at radius 3 is 2.61 bits per heavy atom. The second-order valence-corrected chi connectivity index (χ2v) is 4.88. The summed E-state index contributed by atoms with van der Waals surface area (Å²) < 4.78 is 46.1. The highest BCUT2D eigenvalue weighted by molar-refractivity contribution is 5.91. The highest BCUT2D eigenvalue weighted by Crippen LogP contribution is 2.20. The van der Waals surface area contributed by atoms with Crippen molar-refractivity contribution < 1.29 is 27.4 Å². The third-order valence-corrected chi connectivity index (χ3v) is 2.96. The molecule has 5 nitrogen and oxygen atoms in total. The third-order valence-electron chi connectivity index (χ3n) is 2.96. The largest absolute Gasteiger partial charge is 0.484 e. The summed E-state index contributed by atoms with van der Waals surface area (Å²) in [5.41, 5.74) is 0.494. The second kappa shape index (κ2) is 8.95. The summed E-state index contributed by atoms with van der Waals surface area (Å²) in [5, 5.41) is 5.79. The Kier molecular flexibility index (Phi) is 7.60. The molecule has 1 aliphatic rings.